The van der Waals surface area contributed by atoms with E-state index in [0.29, 0.717) is 5.92 Å². The van der Waals surface area contributed by atoms with Crippen molar-refractivity contribution < 1.29 is 19.1 Å². The van der Waals surface area contributed by atoms with Crippen molar-refractivity contribution in [2.75, 3.05) is 0 Å². The Balaban J connectivity index is 2.58. The fourth-order valence-electron chi connectivity index (χ4n) is 1.28. The van der Waals surface area contributed by atoms with Crippen LogP contribution < -0.4 is 0 Å². The molecule has 1 atom stereocenters. The van der Waals surface area contributed by atoms with Gasteiger partial charge in [-0.05, 0) is 12.3 Å². The smallest absolute Gasteiger partial charge is 0.374 e. The predicted molar refractivity (Wildman–Crippen MR) is 49.2 cm³/mol. The highest BCUT2D eigenvalue weighted by atomic mass is 16.6. The van der Waals surface area contributed by atoms with Crippen LogP contribution in [0.25, 0.3) is 0 Å². The zero-order valence-corrected chi connectivity index (χ0v) is 8.57. The molecule has 14 heavy (non-hydrogen) atoms. The quantitative estimate of drug-likeness (QED) is 0.643. The summed E-state index contributed by atoms with van der Waals surface area (Å²) < 4.78 is 9.66. The monoisotopic (exact) mass is 198 g/mol. The van der Waals surface area contributed by atoms with Crippen molar-refractivity contribution in [2.24, 2.45) is 5.92 Å². The normalized spacial score (nSPS) is 20.7. The van der Waals surface area contributed by atoms with Gasteiger partial charge in [-0.3, -0.25) is 4.79 Å². The second kappa shape index (κ2) is 4.26. The molecule has 1 rings (SSSR count). The van der Waals surface area contributed by atoms with Gasteiger partial charge in [-0.15, -0.1) is 0 Å². The van der Waals surface area contributed by atoms with Crippen LogP contribution in [0, 0.1) is 5.92 Å². The van der Waals surface area contributed by atoms with Crippen molar-refractivity contribution >= 4 is 11.9 Å². The third-order valence-corrected chi connectivity index (χ3v) is 1.75. The van der Waals surface area contributed by atoms with E-state index in [1.54, 1.807) is 6.08 Å². The average molecular weight is 198 g/mol. The van der Waals surface area contributed by atoms with Crippen LogP contribution in [0.1, 0.15) is 27.2 Å². The maximum absolute atomic E-state index is 11.1. The lowest BCUT2D eigenvalue weighted by molar-refractivity contribution is -0.149. The first-order valence-electron chi connectivity index (χ1n) is 4.60. The molecule has 1 heterocycles. The second-order valence-electron chi connectivity index (χ2n) is 3.70. The molecule has 4 heteroatoms. The van der Waals surface area contributed by atoms with E-state index in [-0.39, 0.29) is 11.9 Å². The highest BCUT2D eigenvalue weighted by Crippen LogP contribution is 2.20. The molecule has 1 aliphatic rings. The minimum absolute atomic E-state index is 0.0168. The molecule has 78 valence electrons. The lowest BCUT2D eigenvalue weighted by Crippen LogP contribution is -2.11. The molecule has 0 amide bonds. The Kier molecular flexibility index (Phi) is 3.28. The Bertz CT molecular complexity index is 278. The summed E-state index contributed by atoms with van der Waals surface area (Å²) in [5.74, 6) is -0.604. The molecule has 0 spiro atoms. The van der Waals surface area contributed by atoms with E-state index < -0.39 is 11.9 Å². The summed E-state index contributed by atoms with van der Waals surface area (Å²) in [7, 11) is 0. The molecule has 0 bridgehead atoms. The first kappa shape index (κ1) is 10.8. The van der Waals surface area contributed by atoms with Gasteiger partial charge in [-0.2, -0.15) is 0 Å². The number of carbonyl (C=O) groups excluding carboxylic acids is 2. The SMILES string of the molecule is CC(=O)OC1=CC(CC(C)C)OC1=O. The van der Waals surface area contributed by atoms with Gasteiger partial charge < -0.3 is 9.47 Å². The van der Waals surface area contributed by atoms with Gasteiger partial charge in [0.05, 0.1) is 0 Å². The molecule has 0 aromatic rings. The summed E-state index contributed by atoms with van der Waals surface area (Å²) in [4.78, 5) is 21.7. The summed E-state index contributed by atoms with van der Waals surface area (Å²) in [5, 5.41) is 0. The second-order valence-corrected chi connectivity index (χ2v) is 3.70. The van der Waals surface area contributed by atoms with E-state index in [2.05, 4.69) is 4.74 Å². The van der Waals surface area contributed by atoms with E-state index in [4.69, 9.17) is 4.74 Å². The topological polar surface area (TPSA) is 52.6 Å². The number of esters is 2. The Morgan fingerprint density at radius 2 is 2.29 bits per heavy atom. The van der Waals surface area contributed by atoms with Crippen LogP contribution >= 0.6 is 0 Å². The first-order chi connectivity index (χ1) is 6.49. The number of hydrogen-bond acceptors (Lipinski definition) is 4. The molecule has 0 fully saturated rings. The Labute approximate surface area is 82.9 Å². The van der Waals surface area contributed by atoms with E-state index in [9.17, 15) is 9.59 Å². The van der Waals surface area contributed by atoms with E-state index in [1.165, 1.54) is 6.92 Å². The zero-order chi connectivity index (χ0) is 10.7. The standard InChI is InChI=1S/C10H14O4/c1-6(2)4-8-5-9(10(12)14-8)13-7(3)11/h5-6,8H,4H2,1-3H3. The van der Waals surface area contributed by atoms with Crippen LogP contribution in [0.4, 0.5) is 0 Å². The molecule has 0 radical (unpaired) electrons. The van der Waals surface area contributed by atoms with Gasteiger partial charge >= 0.3 is 11.9 Å². The molecule has 0 saturated carbocycles. The van der Waals surface area contributed by atoms with Crippen molar-refractivity contribution in [3.05, 3.63) is 11.8 Å². The average Bonchev–Trinajstić information content (AvgIpc) is 2.28. The van der Waals surface area contributed by atoms with Crippen molar-refractivity contribution in [1.29, 1.82) is 0 Å². The molecule has 0 aromatic carbocycles. The van der Waals surface area contributed by atoms with Gasteiger partial charge in [0.25, 0.3) is 0 Å². The number of carbonyl (C=O) groups is 2. The van der Waals surface area contributed by atoms with Crippen molar-refractivity contribution in [3.63, 3.8) is 0 Å². The van der Waals surface area contributed by atoms with Gasteiger partial charge in [0.15, 0.2) is 0 Å². The van der Waals surface area contributed by atoms with Crippen molar-refractivity contribution in [3.8, 4) is 0 Å². The molecule has 0 aromatic heterocycles. The van der Waals surface area contributed by atoms with Crippen LogP contribution in [0.5, 0.6) is 0 Å². The third kappa shape index (κ3) is 2.87. The predicted octanol–water partition coefficient (Wildman–Crippen LogP) is 1.40. The van der Waals surface area contributed by atoms with Gasteiger partial charge in [-0.1, -0.05) is 13.8 Å². The summed E-state index contributed by atoms with van der Waals surface area (Å²) in [6.45, 7) is 5.32. The van der Waals surface area contributed by atoms with Crippen molar-refractivity contribution in [1.82, 2.24) is 0 Å². The summed E-state index contributed by atoms with van der Waals surface area (Å²) in [6.07, 6.45) is 2.05. The Hall–Kier alpha value is -1.32. The Morgan fingerprint density at radius 1 is 1.64 bits per heavy atom. The summed E-state index contributed by atoms with van der Waals surface area (Å²) >= 11 is 0. The van der Waals surface area contributed by atoms with E-state index in [0.717, 1.165) is 6.42 Å². The molecule has 0 N–H and O–H groups in total. The van der Waals surface area contributed by atoms with Crippen LogP contribution in [0.15, 0.2) is 11.8 Å². The summed E-state index contributed by atoms with van der Waals surface area (Å²) in [6, 6.07) is 0. The molecular formula is C10H14O4. The minimum atomic E-state index is -0.550. The van der Waals surface area contributed by atoms with Crippen LogP contribution in [-0.4, -0.2) is 18.0 Å². The third-order valence-electron chi connectivity index (χ3n) is 1.75. The molecule has 1 unspecified atom stereocenters. The molecule has 4 nitrogen and oxygen atoms in total. The van der Waals surface area contributed by atoms with Gasteiger partial charge in [0, 0.05) is 13.0 Å². The van der Waals surface area contributed by atoms with Crippen LogP contribution in [0.3, 0.4) is 0 Å². The largest absolute Gasteiger partial charge is 0.452 e. The zero-order valence-electron chi connectivity index (χ0n) is 8.57. The van der Waals surface area contributed by atoms with Gasteiger partial charge in [0.1, 0.15) is 6.10 Å². The molecular weight excluding hydrogens is 184 g/mol. The maximum atomic E-state index is 11.1. The maximum Gasteiger partial charge on any atom is 0.374 e. The first-order valence-corrected chi connectivity index (χ1v) is 4.60. The highest BCUT2D eigenvalue weighted by molar-refractivity contribution is 5.91. The fraction of sp³-hybridized carbons (Fsp3) is 0.600. The number of rotatable bonds is 3. The summed E-state index contributed by atoms with van der Waals surface area (Å²) in [5.41, 5.74) is 0. The number of ether oxygens (including phenoxy) is 2. The highest BCUT2D eigenvalue weighted by Gasteiger charge is 2.28. The van der Waals surface area contributed by atoms with Crippen LogP contribution in [0.2, 0.25) is 0 Å². The minimum Gasteiger partial charge on any atom is -0.452 e. The lowest BCUT2D eigenvalue weighted by atomic mass is 10.1. The van der Waals surface area contributed by atoms with Crippen LogP contribution in [-0.2, 0) is 19.1 Å². The van der Waals surface area contributed by atoms with E-state index >= 15 is 0 Å². The number of hydrogen-bond donors (Lipinski definition) is 0. The number of cyclic esters (lactones) is 1. The lowest BCUT2D eigenvalue weighted by Gasteiger charge is -2.09. The van der Waals surface area contributed by atoms with Gasteiger partial charge in [0.2, 0.25) is 5.76 Å². The van der Waals surface area contributed by atoms with Crippen molar-refractivity contribution in [2.45, 2.75) is 33.3 Å². The fourth-order valence-corrected chi connectivity index (χ4v) is 1.28. The van der Waals surface area contributed by atoms with Gasteiger partial charge in [-0.25, -0.2) is 4.79 Å². The Morgan fingerprint density at radius 3 is 2.79 bits per heavy atom. The molecule has 1 aliphatic heterocycles. The molecule has 0 saturated heterocycles. The molecule has 0 aliphatic carbocycles. The van der Waals surface area contributed by atoms with E-state index in [1.807, 2.05) is 13.8 Å².